The molecule has 0 spiro atoms. The first-order valence-electron chi connectivity index (χ1n) is 9.21. The standard InChI is InChI=1S/C19H27N5O3/c1-12-8-23(9-13(2)24(12)11-18(25)26)10-16-7-17(22-27-16)14-3-5-15(6-4-14)19(20)21/h3-6,12-13,16H,7-11H2,1-2H3,(H3,20,21)(H,25,26). The Morgan fingerprint density at radius 3 is 2.48 bits per heavy atom. The minimum absolute atomic E-state index is 0.00194. The zero-order valence-corrected chi connectivity index (χ0v) is 15.8. The molecule has 0 aliphatic carbocycles. The lowest BCUT2D eigenvalue weighted by atomic mass is 10.0. The van der Waals surface area contributed by atoms with E-state index in [-0.39, 0.29) is 30.6 Å². The van der Waals surface area contributed by atoms with Gasteiger partial charge in [-0.1, -0.05) is 29.4 Å². The molecule has 4 N–H and O–H groups in total. The van der Waals surface area contributed by atoms with Crippen LogP contribution in [-0.2, 0) is 9.63 Å². The van der Waals surface area contributed by atoms with Gasteiger partial charge in [0, 0.05) is 43.7 Å². The van der Waals surface area contributed by atoms with Gasteiger partial charge in [0.2, 0.25) is 0 Å². The lowest BCUT2D eigenvalue weighted by Crippen LogP contribution is -2.58. The number of carbonyl (C=O) groups is 1. The maximum atomic E-state index is 11.0. The van der Waals surface area contributed by atoms with Crippen molar-refractivity contribution >= 4 is 17.5 Å². The molecule has 8 heteroatoms. The summed E-state index contributed by atoms with van der Waals surface area (Å²) in [6, 6.07) is 7.83. The van der Waals surface area contributed by atoms with Gasteiger partial charge < -0.3 is 15.7 Å². The lowest BCUT2D eigenvalue weighted by Gasteiger charge is -2.44. The maximum absolute atomic E-state index is 11.0. The lowest BCUT2D eigenvalue weighted by molar-refractivity contribution is -0.140. The van der Waals surface area contributed by atoms with Crippen LogP contribution in [0.25, 0.3) is 0 Å². The van der Waals surface area contributed by atoms with Gasteiger partial charge in [0.15, 0.2) is 0 Å². The van der Waals surface area contributed by atoms with Crippen LogP contribution in [0.4, 0.5) is 0 Å². The van der Waals surface area contributed by atoms with E-state index in [1.54, 1.807) is 0 Å². The monoisotopic (exact) mass is 373 g/mol. The number of nitrogens with one attached hydrogen (secondary N) is 1. The molecule has 0 aromatic heterocycles. The molecule has 8 nitrogen and oxygen atoms in total. The fourth-order valence-electron chi connectivity index (χ4n) is 3.91. The largest absolute Gasteiger partial charge is 0.480 e. The van der Waals surface area contributed by atoms with E-state index in [9.17, 15) is 4.79 Å². The molecule has 3 atom stereocenters. The van der Waals surface area contributed by atoms with Crippen molar-refractivity contribution < 1.29 is 14.7 Å². The van der Waals surface area contributed by atoms with Crippen molar-refractivity contribution in [3.63, 3.8) is 0 Å². The third-order valence-electron chi connectivity index (χ3n) is 5.22. The highest BCUT2D eigenvalue weighted by Gasteiger charge is 2.33. The van der Waals surface area contributed by atoms with E-state index in [4.69, 9.17) is 21.1 Å². The molecule has 3 rings (SSSR count). The molecule has 1 aromatic rings. The van der Waals surface area contributed by atoms with Gasteiger partial charge in [0.05, 0.1) is 12.3 Å². The van der Waals surface area contributed by atoms with Crippen LogP contribution in [-0.4, -0.2) is 76.8 Å². The van der Waals surface area contributed by atoms with Gasteiger partial charge in [0.1, 0.15) is 11.9 Å². The van der Waals surface area contributed by atoms with E-state index in [0.717, 1.165) is 37.3 Å². The molecule has 27 heavy (non-hydrogen) atoms. The Labute approximate surface area is 159 Å². The van der Waals surface area contributed by atoms with Crippen LogP contribution in [0.2, 0.25) is 0 Å². The molecule has 3 unspecified atom stereocenters. The molecule has 146 valence electrons. The van der Waals surface area contributed by atoms with Gasteiger partial charge in [-0.3, -0.25) is 20.0 Å². The Bertz CT molecular complexity index is 721. The topological polar surface area (TPSA) is 115 Å². The van der Waals surface area contributed by atoms with Crippen molar-refractivity contribution in [2.75, 3.05) is 26.2 Å². The van der Waals surface area contributed by atoms with E-state index < -0.39 is 5.97 Å². The Balaban J connectivity index is 1.53. The number of nitrogens with two attached hydrogens (primary N) is 1. The highest BCUT2D eigenvalue weighted by molar-refractivity contribution is 6.02. The highest BCUT2D eigenvalue weighted by atomic mass is 16.6. The summed E-state index contributed by atoms with van der Waals surface area (Å²) in [6.45, 7) is 6.63. The number of nitrogens with zero attached hydrogens (tertiary/aromatic N) is 3. The summed E-state index contributed by atoms with van der Waals surface area (Å²) < 4.78 is 0. The molecule has 0 bridgehead atoms. The van der Waals surface area contributed by atoms with Gasteiger partial charge in [-0.25, -0.2) is 0 Å². The first-order chi connectivity index (χ1) is 12.8. The van der Waals surface area contributed by atoms with E-state index in [1.165, 1.54) is 0 Å². The van der Waals surface area contributed by atoms with E-state index in [2.05, 4.69) is 23.9 Å². The second-order valence-corrected chi connectivity index (χ2v) is 7.44. The predicted molar refractivity (Wildman–Crippen MR) is 103 cm³/mol. The molecule has 1 aromatic carbocycles. The minimum atomic E-state index is -0.782. The number of piperazine rings is 1. The van der Waals surface area contributed by atoms with Gasteiger partial charge in [0.25, 0.3) is 0 Å². The van der Waals surface area contributed by atoms with Crippen LogP contribution in [0.1, 0.15) is 31.4 Å². The van der Waals surface area contributed by atoms with Gasteiger partial charge >= 0.3 is 5.97 Å². The average molecular weight is 373 g/mol. The molecular weight excluding hydrogens is 346 g/mol. The van der Waals surface area contributed by atoms with Crippen LogP contribution in [0.5, 0.6) is 0 Å². The van der Waals surface area contributed by atoms with E-state index in [1.807, 2.05) is 29.2 Å². The van der Waals surface area contributed by atoms with Crippen LogP contribution >= 0.6 is 0 Å². The molecule has 0 amide bonds. The number of oxime groups is 1. The van der Waals surface area contributed by atoms with Crippen molar-refractivity contribution in [3.8, 4) is 0 Å². The zero-order valence-electron chi connectivity index (χ0n) is 15.8. The number of carboxylic acid groups (broad SMARTS) is 1. The number of nitrogen functional groups attached to an aromatic ring is 1. The summed E-state index contributed by atoms with van der Waals surface area (Å²) in [5.41, 5.74) is 8.07. The normalized spacial score (nSPS) is 26.4. The number of hydrogen-bond donors (Lipinski definition) is 3. The van der Waals surface area contributed by atoms with Crippen molar-refractivity contribution in [3.05, 3.63) is 35.4 Å². The number of rotatable bonds is 6. The Morgan fingerprint density at radius 2 is 1.93 bits per heavy atom. The maximum Gasteiger partial charge on any atom is 0.317 e. The second kappa shape index (κ2) is 8.06. The first-order valence-corrected chi connectivity index (χ1v) is 9.21. The molecule has 2 heterocycles. The minimum Gasteiger partial charge on any atom is -0.480 e. The fraction of sp³-hybridized carbons (Fsp3) is 0.526. The third-order valence-corrected chi connectivity index (χ3v) is 5.22. The van der Waals surface area contributed by atoms with Gasteiger partial charge in [-0.15, -0.1) is 0 Å². The van der Waals surface area contributed by atoms with Crippen molar-refractivity contribution in [2.24, 2.45) is 10.9 Å². The van der Waals surface area contributed by atoms with Crippen LogP contribution in [0.3, 0.4) is 0 Å². The van der Waals surface area contributed by atoms with E-state index in [0.29, 0.717) is 5.56 Å². The zero-order chi connectivity index (χ0) is 19.6. The Morgan fingerprint density at radius 1 is 1.30 bits per heavy atom. The highest BCUT2D eigenvalue weighted by Crippen LogP contribution is 2.21. The molecule has 1 fully saturated rings. The quantitative estimate of drug-likeness (QED) is 0.505. The van der Waals surface area contributed by atoms with Crippen LogP contribution < -0.4 is 5.73 Å². The molecule has 1 saturated heterocycles. The summed E-state index contributed by atoms with van der Waals surface area (Å²) in [5.74, 6) is -0.732. The average Bonchev–Trinajstić information content (AvgIpc) is 3.06. The number of aliphatic carboxylic acids is 1. The third kappa shape index (κ3) is 4.64. The number of hydrogen-bond acceptors (Lipinski definition) is 6. The Kier molecular flexibility index (Phi) is 5.76. The summed E-state index contributed by atoms with van der Waals surface area (Å²) in [5, 5.41) is 20.8. The summed E-state index contributed by atoms with van der Waals surface area (Å²) in [6.07, 6.45) is 0.732. The van der Waals surface area contributed by atoms with Crippen LogP contribution in [0, 0.1) is 5.41 Å². The molecule has 2 aliphatic heterocycles. The predicted octanol–water partition coefficient (Wildman–Crippen LogP) is 0.943. The molecular formula is C19H27N5O3. The number of carboxylic acids is 1. The van der Waals surface area contributed by atoms with Gasteiger partial charge in [-0.2, -0.15) is 0 Å². The molecule has 0 saturated carbocycles. The summed E-state index contributed by atoms with van der Waals surface area (Å²) in [7, 11) is 0. The Hall–Kier alpha value is -2.45. The second-order valence-electron chi connectivity index (χ2n) is 7.44. The number of amidine groups is 1. The van der Waals surface area contributed by atoms with Gasteiger partial charge in [-0.05, 0) is 19.4 Å². The smallest absolute Gasteiger partial charge is 0.317 e. The molecule has 2 aliphatic rings. The summed E-state index contributed by atoms with van der Waals surface area (Å²) >= 11 is 0. The van der Waals surface area contributed by atoms with Crippen LogP contribution in [0.15, 0.2) is 29.4 Å². The SMILES string of the molecule is CC1CN(CC2CC(c3ccc(C(=N)N)cc3)=NO2)CC(C)N1CC(=O)O. The molecule has 0 radical (unpaired) electrons. The van der Waals surface area contributed by atoms with Crippen molar-refractivity contribution in [2.45, 2.75) is 38.5 Å². The van der Waals surface area contributed by atoms with Crippen molar-refractivity contribution in [1.29, 1.82) is 5.41 Å². The summed E-state index contributed by atoms with van der Waals surface area (Å²) in [4.78, 5) is 21.0. The van der Waals surface area contributed by atoms with Crippen molar-refractivity contribution in [1.82, 2.24) is 9.80 Å². The number of benzene rings is 1. The first kappa shape index (κ1) is 19.3. The van der Waals surface area contributed by atoms with E-state index >= 15 is 0 Å². The fourth-order valence-corrected chi connectivity index (χ4v) is 3.91.